The highest BCUT2D eigenvalue weighted by molar-refractivity contribution is 7.91. The number of imidazole rings is 1. The van der Waals surface area contributed by atoms with Gasteiger partial charge in [-0.15, -0.1) is 0 Å². The molecule has 0 radical (unpaired) electrons. The lowest BCUT2D eigenvalue weighted by Crippen LogP contribution is -2.35. The fourth-order valence-electron chi connectivity index (χ4n) is 6.13. The first-order valence-electron chi connectivity index (χ1n) is 13.6. The minimum absolute atomic E-state index is 0.0529. The summed E-state index contributed by atoms with van der Waals surface area (Å²) >= 11 is 0. The Morgan fingerprint density at radius 1 is 1.07 bits per heavy atom. The normalized spacial score (nSPS) is 22.2. The molecule has 0 bridgehead atoms. The van der Waals surface area contributed by atoms with Gasteiger partial charge in [-0.1, -0.05) is 31.5 Å². The number of rotatable bonds is 8. The van der Waals surface area contributed by atoms with Crippen LogP contribution in [0, 0.1) is 12.8 Å². The van der Waals surface area contributed by atoms with E-state index >= 15 is 0 Å². The molecule has 2 fully saturated rings. The number of sulfonamides is 1. The highest BCUT2D eigenvalue weighted by atomic mass is 32.2. The smallest absolute Gasteiger partial charge is 0.345 e. The maximum absolute atomic E-state index is 14.0. The Bertz CT molecular complexity index is 1860. The predicted molar refractivity (Wildman–Crippen MR) is 146 cm³/mol. The molecule has 2 aliphatic rings. The van der Waals surface area contributed by atoms with Crippen LogP contribution in [0.1, 0.15) is 62.0 Å². The zero-order valence-corrected chi connectivity index (χ0v) is 24.1. The second kappa shape index (κ2) is 9.80. The monoisotopic (exact) mass is 609 g/mol. The quantitative estimate of drug-likeness (QED) is 0.295. The number of nitrogens with zero attached hydrogens (tertiary/aromatic N) is 3. The molecule has 41 heavy (non-hydrogen) atoms. The summed E-state index contributed by atoms with van der Waals surface area (Å²) in [6.07, 6.45) is -1.83. The average Bonchev–Trinajstić information content (AvgIpc) is 3.38. The molecule has 9 nitrogen and oxygen atoms in total. The number of sulfone groups is 1. The molecule has 3 aromatic heterocycles. The minimum atomic E-state index is -4.66. The lowest BCUT2D eigenvalue weighted by Gasteiger charge is -2.17. The molecule has 0 unspecified atom stereocenters. The van der Waals surface area contributed by atoms with Gasteiger partial charge in [0, 0.05) is 18.2 Å². The second-order valence-electron chi connectivity index (χ2n) is 11.1. The summed E-state index contributed by atoms with van der Waals surface area (Å²) in [5.41, 5.74) is 0.399. The lowest BCUT2D eigenvalue weighted by molar-refractivity contribution is -0.127. The van der Waals surface area contributed by atoms with E-state index in [9.17, 15) is 30.0 Å². The Morgan fingerprint density at radius 2 is 1.80 bits per heavy atom. The van der Waals surface area contributed by atoms with Gasteiger partial charge in [0.1, 0.15) is 11.3 Å². The molecule has 0 spiro atoms. The molecule has 14 heteroatoms. The topological polar surface area (TPSA) is 126 Å². The van der Waals surface area contributed by atoms with Crippen molar-refractivity contribution in [2.24, 2.45) is 5.92 Å². The maximum atomic E-state index is 14.0. The number of aromatic nitrogens is 4. The van der Waals surface area contributed by atoms with Crippen LogP contribution >= 0.6 is 0 Å². The molecule has 0 saturated heterocycles. The van der Waals surface area contributed by atoms with E-state index in [0.717, 1.165) is 0 Å². The number of alkyl halides is 3. The van der Waals surface area contributed by atoms with Crippen molar-refractivity contribution in [1.82, 2.24) is 24.1 Å². The molecule has 2 aliphatic carbocycles. The van der Waals surface area contributed by atoms with E-state index in [2.05, 4.69) is 19.7 Å². The molecule has 4 aromatic rings. The van der Waals surface area contributed by atoms with Crippen LogP contribution in [0.4, 0.5) is 13.2 Å². The van der Waals surface area contributed by atoms with Gasteiger partial charge in [0.2, 0.25) is 19.9 Å². The van der Waals surface area contributed by atoms with Crippen molar-refractivity contribution in [2.45, 2.75) is 85.7 Å². The minimum Gasteiger partial charge on any atom is -0.345 e. The standard InChI is InChI=1S/C27H30F3N5O4S2/c1-3-16-12-17(34-41(38,39)18-8-9-18)13-19(16)25-32-20(14-27(28,29)30)23-26(33-24-21(35(23)25)10-11-31-24)40(36,37)22-7-5-4-6-15(22)2/h4-7,10-11,16-19,31,34H,3,8-9,12-14H2,1-2H3/t16-,17+,19+/m1/s1. The van der Waals surface area contributed by atoms with E-state index in [-0.39, 0.29) is 27.8 Å². The van der Waals surface area contributed by atoms with Crippen molar-refractivity contribution >= 4 is 36.5 Å². The third kappa shape index (κ3) is 5.03. The van der Waals surface area contributed by atoms with Gasteiger partial charge >= 0.3 is 6.18 Å². The summed E-state index contributed by atoms with van der Waals surface area (Å²) in [6.45, 7) is 3.56. The number of benzene rings is 1. The molecule has 0 amide bonds. The van der Waals surface area contributed by atoms with Gasteiger partial charge < -0.3 is 4.98 Å². The van der Waals surface area contributed by atoms with Crippen molar-refractivity contribution in [3.8, 4) is 0 Å². The molecular weight excluding hydrogens is 579 g/mol. The maximum Gasteiger partial charge on any atom is 0.394 e. The first kappa shape index (κ1) is 28.2. The molecule has 220 valence electrons. The molecule has 0 aliphatic heterocycles. The third-order valence-electron chi connectivity index (χ3n) is 8.19. The van der Waals surface area contributed by atoms with E-state index in [4.69, 9.17) is 0 Å². The van der Waals surface area contributed by atoms with Gasteiger partial charge in [-0.25, -0.2) is 31.5 Å². The van der Waals surface area contributed by atoms with Crippen LogP contribution in [-0.2, 0) is 26.3 Å². The fraction of sp³-hybridized carbons (Fsp3) is 0.481. The molecule has 6 rings (SSSR count). The first-order chi connectivity index (χ1) is 19.3. The SMILES string of the molecule is CC[C@@H]1C[C@H](NS(=O)(=O)C2CC2)C[C@@H]1c1nc(CC(F)(F)F)c2c(S(=O)(=O)c3ccccc3C)nc3[nH]ccc3n12. The summed E-state index contributed by atoms with van der Waals surface area (Å²) in [5, 5.41) is -0.899. The second-order valence-corrected chi connectivity index (χ2v) is 14.9. The van der Waals surface area contributed by atoms with Gasteiger partial charge in [-0.05, 0) is 56.2 Å². The van der Waals surface area contributed by atoms with Crippen molar-refractivity contribution in [3.05, 3.63) is 53.6 Å². The van der Waals surface area contributed by atoms with E-state index in [1.54, 1.807) is 37.4 Å². The number of nitrogens with one attached hydrogen (secondary N) is 2. The predicted octanol–water partition coefficient (Wildman–Crippen LogP) is 4.81. The van der Waals surface area contributed by atoms with Crippen LogP contribution in [-0.4, -0.2) is 53.7 Å². The Labute approximate surface area is 235 Å². The summed E-state index contributed by atoms with van der Waals surface area (Å²) < 4.78 is 99.4. The summed E-state index contributed by atoms with van der Waals surface area (Å²) in [6, 6.07) is 7.48. The Morgan fingerprint density at radius 3 is 2.46 bits per heavy atom. The zero-order valence-electron chi connectivity index (χ0n) is 22.4. The van der Waals surface area contributed by atoms with Gasteiger partial charge in [0.05, 0.1) is 27.8 Å². The fourth-order valence-corrected chi connectivity index (χ4v) is 9.37. The van der Waals surface area contributed by atoms with Crippen molar-refractivity contribution in [2.75, 3.05) is 0 Å². The summed E-state index contributed by atoms with van der Waals surface area (Å²) in [7, 11) is -7.84. The molecule has 2 N–H and O–H groups in total. The van der Waals surface area contributed by atoms with Crippen molar-refractivity contribution in [1.29, 1.82) is 0 Å². The van der Waals surface area contributed by atoms with E-state index in [1.807, 2.05) is 6.92 Å². The first-order valence-corrected chi connectivity index (χ1v) is 16.6. The van der Waals surface area contributed by atoms with Crippen LogP contribution in [0.3, 0.4) is 0 Å². The molecular formula is C27H30F3N5O4S2. The van der Waals surface area contributed by atoms with Crippen LogP contribution in [0.2, 0.25) is 0 Å². The van der Waals surface area contributed by atoms with Crippen LogP contribution in [0.25, 0.3) is 16.7 Å². The van der Waals surface area contributed by atoms with Gasteiger partial charge in [-0.2, -0.15) is 13.2 Å². The largest absolute Gasteiger partial charge is 0.394 e. The highest BCUT2D eigenvalue weighted by Crippen LogP contribution is 2.44. The van der Waals surface area contributed by atoms with Crippen LogP contribution in [0.15, 0.2) is 46.5 Å². The Hall–Kier alpha value is -2.97. The molecule has 3 atom stereocenters. The van der Waals surface area contributed by atoms with E-state index in [0.29, 0.717) is 43.2 Å². The molecule has 3 heterocycles. The zero-order chi connectivity index (χ0) is 29.3. The van der Waals surface area contributed by atoms with Gasteiger partial charge in [-0.3, -0.25) is 4.40 Å². The molecule has 1 aromatic carbocycles. The Balaban J connectivity index is 1.57. The van der Waals surface area contributed by atoms with Crippen LogP contribution < -0.4 is 4.72 Å². The van der Waals surface area contributed by atoms with E-state index in [1.165, 1.54) is 10.5 Å². The summed E-state index contributed by atoms with van der Waals surface area (Å²) in [5.74, 6) is -0.201. The number of aryl methyl sites for hydroxylation is 1. The number of H-pyrrole nitrogens is 1. The average molecular weight is 610 g/mol. The number of halogens is 3. The van der Waals surface area contributed by atoms with Crippen LogP contribution in [0.5, 0.6) is 0 Å². The number of hydrogen-bond donors (Lipinski definition) is 2. The Kier molecular flexibility index (Phi) is 6.73. The molecule has 2 saturated carbocycles. The highest BCUT2D eigenvalue weighted by Gasteiger charge is 2.44. The van der Waals surface area contributed by atoms with E-state index < -0.39 is 60.4 Å². The number of hydrogen-bond acceptors (Lipinski definition) is 6. The number of fused-ring (bicyclic) bond motifs is 3. The van der Waals surface area contributed by atoms with Crippen molar-refractivity contribution in [3.63, 3.8) is 0 Å². The third-order valence-corrected chi connectivity index (χ3v) is 12.0. The lowest BCUT2D eigenvalue weighted by atomic mass is 9.93. The van der Waals surface area contributed by atoms with Gasteiger partial charge in [0.25, 0.3) is 0 Å². The summed E-state index contributed by atoms with van der Waals surface area (Å²) in [4.78, 5) is 11.7. The van der Waals surface area contributed by atoms with Crippen molar-refractivity contribution < 1.29 is 30.0 Å². The van der Waals surface area contributed by atoms with Gasteiger partial charge in [0.15, 0.2) is 10.7 Å². The number of aromatic amines is 1.